The van der Waals surface area contributed by atoms with E-state index in [1.807, 2.05) is 0 Å². The summed E-state index contributed by atoms with van der Waals surface area (Å²) in [7, 11) is 0. The molecule has 0 aliphatic rings. The molecule has 1 unspecified atom stereocenters. The highest BCUT2D eigenvalue weighted by Crippen LogP contribution is 2.15. The Bertz CT molecular complexity index is 399. The molecule has 0 aliphatic carbocycles. The van der Waals surface area contributed by atoms with Crippen molar-refractivity contribution in [2.45, 2.75) is 40.3 Å². The van der Waals surface area contributed by atoms with Crippen molar-refractivity contribution in [1.29, 1.82) is 0 Å². The molecule has 1 aromatic carbocycles. The lowest BCUT2D eigenvalue weighted by Gasteiger charge is -2.13. The molecule has 3 nitrogen and oxygen atoms in total. The maximum atomic E-state index is 10.9. The Morgan fingerprint density at radius 1 is 1.25 bits per heavy atom. The Balaban J connectivity index is 2.74. The maximum Gasteiger partial charge on any atom is 0.234 e. The van der Waals surface area contributed by atoms with Crippen molar-refractivity contribution in [2.24, 2.45) is 5.73 Å². The van der Waals surface area contributed by atoms with Crippen molar-refractivity contribution in [2.75, 3.05) is 0 Å². The van der Waals surface area contributed by atoms with Crippen LogP contribution in [0.1, 0.15) is 29.2 Å². The molecule has 0 aliphatic heterocycles. The van der Waals surface area contributed by atoms with Crippen LogP contribution in [0, 0.1) is 20.8 Å². The minimum Gasteiger partial charge on any atom is -0.368 e. The number of carbonyl (C=O) groups is 1. The number of rotatable bonds is 4. The summed E-state index contributed by atoms with van der Waals surface area (Å²) in [6, 6.07) is 4.04. The zero-order valence-electron chi connectivity index (χ0n) is 10.4. The highest BCUT2D eigenvalue weighted by molar-refractivity contribution is 5.79. The molecule has 88 valence electrons. The van der Waals surface area contributed by atoms with Crippen molar-refractivity contribution >= 4 is 5.91 Å². The number of hydrogen-bond donors (Lipinski definition) is 2. The van der Waals surface area contributed by atoms with Crippen LogP contribution >= 0.6 is 0 Å². The third-order valence-corrected chi connectivity index (χ3v) is 2.98. The molecule has 3 N–H and O–H groups in total. The van der Waals surface area contributed by atoms with E-state index < -0.39 is 0 Å². The Morgan fingerprint density at radius 2 is 1.81 bits per heavy atom. The third kappa shape index (κ3) is 3.07. The number of benzene rings is 1. The predicted molar refractivity (Wildman–Crippen MR) is 66.1 cm³/mol. The summed E-state index contributed by atoms with van der Waals surface area (Å²) in [5.74, 6) is -0.318. The van der Waals surface area contributed by atoms with E-state index in [1.54, 1.807) is 6.92 Å². The van der Waals surface area contributed by atoms with Crippen LogP contribution in [0.4, 0.5) is 0 Å². The molecule has 0 bridgehead atoms. The predicted octanol–water partition coefficient (Wildman–Crippen LogP) is 1.58. The summed E-state index contributed by atoms with van der Waals surface area (Å²) in [4.78, 5) is 10.9. The number of amides is 1. The second-order valence-corrected chi connectivity index (χ2v) is 4.37. The van der Waals surface area contributed by atoms with Crippen molar-refractivity contribution in [3.05, 3.63) is 34.4 Å². The minimum atomic E-state index is -0.318. The van der Waals surface area contributed by atoms with Gasteiger partial charge in [-0.05, 0) is 49.9 Å². The van der Waals surface area contributed by atoms with Gasteiger partial charge < -0.3 is 11.1 Å². The van der Waals surface area contributed by atoms with Gasteiger partial charge in [0.05, 0.1) is 6.04 Å². The standard InChI is InChI=1S/C13H20N2O/c1-8-5-10(3)12(6-9(8)2)7-15-11(4)13(14)16/h5-6,11,15H,7H2,1-4H3,(H2,14,16). The molecule has 0 saturated heterocycles. The van der Waals surface area contributed by atoms with Gasteiger partial charge in [0.25, 0.3) is 0 Å². The van der Waals surface area contributed by atoms with Gasteiger partial charge in [-0.25, -0.2) is 0 Å². The molecule has 1 aromatic rings. The summed E-state index contributed by atoms with van der Waals surface area (Å²) < 4.78 is 0. The molecule has 0 heterocycles. The van der Waals surface area contributed by atoms with Gasteiger partial charge in [0.1, 0.15) is 0 Å². The first-order valence-electron chi connectivity index (χ1n) is 5.51. The summed E-state index contributed by atoms with van der Waals surface area (Å²) in [5.41, 5.74) is 10.2. The normalized spacial score (nSPS) is 12.5. The Morgan fingerprint density at radius 3 is 2.38 bits per heavy atom. The lowest BCUT2D eigenvalue weighted by atomic mass is 10.0. The molecule has 0 aromatic heterocycles. The summed E-state index contributed by atoms with van der Waals surface area (Å²) in [5, 5.41) is 3.11. The van der Waals surface area contributed by atoms with Crippen molar-refractivity contribution in [3.63, 3.8) is 0 Å². The molecule has 1 rings (SSSR count). The highest BCUT2D eigenvalue weighted by Gasteiger charge is 2.08. The van der Waals surface area contributed by atoms with E-state index in [-0.39, 0.29) is 11.9 Å². The van der Waals surface area contributed by atoms with Crippen LogP contribution in [-0.4, -0.2) is 11.9 Å². The van der Waals surface area contributed by atoms with Gasteiger partial charge in [-0.1, -0.05) is 12.1 Å². The first-order chi connectivity index (χ1) is 7.41. The molecule has 0 fully saturated rings. The number of hydrogen-bond acceptors (Lipinski definition) is 2. The minimum absolute atomic E-state index is 0.291. The average molecular weight is 220 g/mol. The highest BCUT2D eigenvalue weighted by atomic mass is 16.1. The van der Waals surface area contributed by atoms with E-state index in [2.05, 4.69) is 38.2 Å². The van der Waals surface area contributed by atoms with Crippen LogP contribution in [0.3, 0.4) is 0 Å². The van der Waals surface area contributed by atoms with Crippen molar-refractivity contribution in [1.82, 2.24) is 5.32 Å². The van der Waals surface area contributed by atoms with Gasteiger partial charge in [0.2, 0.25) is 5.91 Å². The number of aryl methyl sites for hydroxylation is 3. The van der Waals surface area contributed by atoms with E-state index >= 15 is 0 Å². The lowest BCUT2D eigenvalue weighted by Crippen LogP contribution is -2.38. The number of nitrogens with one attached hydrogen (secondary N) is 1. The van der Waals surface area contributed by atoms with Crippen LogP contribution in [0.5, 0.6) is 0 Å². The third-order valence-electron chi connectivity index (χ3n) is 2.98. The first kappa shape index (κ1) is 12.7. The van der Waals surface area contributed by atoms with Crippen LogP contribution < -0.4 is 11.1 Å². The molecule has 16 heavy (non-hydrogen) atoms. The molecule has 0 radical (unpaired) electrons. The quantitative estimate of drug-likeness (QED) is 0.809. The maximum absolute atomic E-state index is 10.9. The Kier molecular flexibility index (Phi) is 4.07. The first-order valence-corrected chi connectivity index (χ1v) is 5.51. The van der Waals surface area contributed by atoms with E-state index in [0.29, 0.717) is 6.54 Å². The molecular weight excluding hydrogens is 200 g/mol. The van der Waals surface area contributed by atoms with Crippen molar-refractivity contribution < 1.29 is 4.79 Å². The van der Waals surface area contributed by atoms with Gasteiger partial charge >= 0.3 is 0 Å². The average Bonchev–Trinajstić information content (AvgIpc) is 2.20. The fourth-order valence-electron chi connectivity index (χ4n) is 1.57. The number of carbonyl (C=O) groups excluding carboxylic acids is 1. The fourth-order valence-corrected chi connectivity index (χ4v) is 1.57. The van der Waals surface area contributed by atoms with Gasteiger partial charge in [-0.3, -0.25) is 4.79 Å². The van der Waals surface area contributed by atoms with Crippen LogP contribution in [0.15, 0.2) is 12.1 Å². The summed E-state index contributed by atoms with van der Waals surface area (Å²) in [6.07, 6.45) is 0. The Hall–Kier alpha value is -1.35. The van der Waals surface area contributed by atoms with Crippen LogP contribution in [-0.2, 0) is 11.3 Å². The van der Waals surface area contributed by atoms with Gasteiger partial charge in [-0.15, -0.1) is 0 Å². The molecule has 1 atom stereocenters. The van der Waals surface area contributed by atoms with Crippen LogP contribution in [0.25, 0.3) is 0 Å². The molecule has 0 saturated carbocycles. The fraction of sp³-hybridized carbons (Fsp3) is 0.462. The molecule has 1 amide bonds. The summed E-state index contributed by atoms with van der Waals surface area (Å²) in [6.45, 7) is 8.73. The van der Waals surface area contributed by atoms with E-state index in [1.165, 1.54) is 22.3 Å². The second kappa shape index (κ2) is 5.12. The topological polar surface area (TPSA) is 55.1 Å². The van der Waals surface area contributed by atoms with Crippen LogP contribution in [0.2, 0.25) is 0 Å². The molecule has 3 heteroatoms. The second-order valence-electron chi connectivity index (χ2n) is 4.37. The number of nitrogens with two attached hydrogens (primary N) is 1. The molecular formula is C13H20N2O. The SMILES string of the molecule is Cc1cc(C)c(CNC(C)C(N)=O)cc1C. The van der Waals surface area contributed by atoms with Gasteiger partial charge in [-0.2, -0.15) is 0 Å². The number of primary amides is 1. The Labute approximate surface area is 97.0 Å². The summed E-state index contributed by atoms with van der Waals surface area (Å²) >= 11 is 0. The zero-order chi connectivity index (χ0) is 12.3. The monoisotopic (exact) mass is 220 g/mol. The smallest absolute Gasteiger partial charge is 0.234 e. The van der Waals surface area contributed by atoms with E-state index in [0.717, 1.165) is 0 Å². The zero-order valence-corrected chi connectivity index (χ0v) is 10.4. The lowest BCUT2D eigenvalue weighted by molar-refractivity contribution is -0.119. The van der Waals surface area contributed by atoms with Gasteiger partial charge in [0, 0.05) is 6.54 Å². The van der Waals surface area contributed by atoms with E-state index in [4.69, 9.17) is 5.73 Å². The molecule has 0 spiro atoms. The van der Waals surface area contributed by atoms with Gasteiger partial charge in [0.15, 0.2) is 0 Å². The largest absolute Gasteiger partial charge is 0.368 e. The van der Waals surface area contributed by atoms with Crippen molar-refractivity contribution in [3.8, 4) is 0 Å². The van der Waals surface area contributed by atoms with E-state index in [9.17, 15) is 4.79 Å².